The molecule has 34 heteroatoms. The fourth-order valence-electron chi connectivity index (χ4n) is 10.5. The molecule has 15 rings (SSSR count). The average Bonchev–Trinajstić information content (AvgIpc) is 1.01. The van der Waals surface area contributed by atoms with Gasteiger partial charge in [0.05, 0.1) is 98.8 Å². The van der Waals surface area contributed by atoms with Gasteiger partial charge in [0.25, 0.3) is 5.92 Å². The van der Waals surface area contributed by atoms with E-state index in [1.807, 2.05) is 24.6 Å². The highest BCUT2D eigenvalue weighted by atomic mass is 35.5. The summed E-state index contributed by atoms with van der Waals surface area (Å²) in [7, 11) is 0. The number of carbonyl (C=O) groups excluding carboxylic acids is 5. The van der Waals surface area contributed by atoms with Gasteiger partial charge in [-0.25, -0.2) is 61.8 Å². The molecule has 0 bridgehead atoms. The predicted octanol–water partition coefficient (Wildman–Crippen LogP) is 20.3. The molecule has 0 radical (unpaired) electrons. The Kier molecular flexibility index (Phi) is 31.1. The minimum absolute atomic E-state index is 0.00527. The van der Waals surface area contributed by atoms with Gasteiger partial charge >= 0.3 is 0 Å². The first-order valence-corrected chi connectivity index (χ1v) is 38.4. The van der Waals surface area contributed by atoms with Gasteiger partial charge < -0.3 is 23.7 Å². The third kappa shape index (κ3) is 27.9. The molecule has 10 heterocycles. The normalized spacial score (nSPS) is 10.6. The monoisotopic (exact) mass is 1710 g/mol. The zero-order chi connectivity index (χ0) is 84.9. The Hall–Kier alpha value is -13.9. The maximum Gasteiger partial charge on any atom is 0.270 e. The molecule has 15 aromatic rings. The molecule has 0 unspecified atom stereocenters. The molecule has 5 aromatic carbocycles. The van der Waals surface area contributed by atoms with Crippen LogP contribution in [0.1, 0.15) is 103 Å². The van der Waals surface area contributed by atoms with Crippen molar-refractivity contribution in [3.8, 4) is 57.5 Å². The summed E-state index contributed by atoms with van der Waals surface area (Å²) < 4.78 is 95.9. The van der Waals surface area contributed by atoms with Crippen molar-refractivity contribution in [3.63, 3.8) is 0 Å². The van der Waals surface area contributed by atoms with Gasteiger partial charge in [0.15, 0.2) is 46.2 Å². The zero-order valence-corrected chi connectivity index (χ0v) is 66.9. The van der Waals surface area contributed by atoms with E-state index in [0.717, 1.165) is 58.7 Å². The largest absolute Gasteiger partial charge is 0.456 e. The molecule has 0 aliphatic heterocycles. The Bertz CT molecular complexity index is 6010. The number of aromatic nitrogens is 14. The fourth-order valence-corrected chi connectivity index (χ4v) is 12.6. The number of rotatable bonds is 26. The van der Waals surface area contributed by atoms with Crippen molar-refractivity contribution >= 4 is 86.4 Å². The highest BCUT2D eigenvalue weighted by Crippen LogP contribution is 2.33. The number of carbonyl (C=O) groups is 5. The molecule has 0 fully saturated rings. The summed E-state index contributed by atoms with van der Waals surface area (Å²) in [6, 6.07) is 34.0. The maximum atomic E-state index is 13.9. The Balaban J connectivity index is 0.000000147. The lowest BCUT2D eigenvalue weighted by Gasteiger charge is -2.11. The molecule has 0 saturated carbocycles. The molecular formula is C86H62Cl3F5N14O10S2. The van der Waals surface area contributed by atoms with E-state index in [0.29, 0.717) is 77.7 Å². The molecule has 0 aliphatic carbocycles. The standard InChI is InChI=1S/C19H14F3N3O2.C17H13ClN4O2.C17H13ClN2O2S.C17H11F2N3O2.C16H11ClN2O2S/c1-19(21,22)13-2-3-25-15(6-13)8-18(26)12-4-14(20)7-16(5-12)27-17-9-23-11-24-10-17;1-11-6-19-7-14(22-11)5-17(23)12-2-13(18)4-15(3-12)24-16-8-20-10-21-9-16;1-11-10-23-17(20-11)8-16(21)12-5-13(18)7-15(6-12)22-14-3-2-4-19-9-14;18-12-4-11(17(23)7-16-15(19)2-1-3-22-16)5-13(6-12)24-14-8-20-10-21-9-14;17-12-6-11(15(20)9-16-19-4-5-22-16)7-14(8-12)21-13-2-1-3-18-10-13/h2-7,9-11H,8H2,1H3;2-4,6-10H,5H2,1H3;2-7,9-10H,8H2,1H3;1-6,8-10H,7H2;1-8,10H,9H2. The van der Waals surface area contributed by atoms with Crippen LogP contribution in [0.2, 0.25) is 15.1 Å². The van der Waals surface area contributed by atoms with Crippen molar-refractivity contribution in [2.24, 2.45) is 0 Å². The lowest BCUT2D eigenvalue weighted by Crippen LogP contribution is -2.10. The zero-order valence-electron chi connectivity index (χ0n) is 63.0. The summed E-state index contributed by atoms with van der Waals surface area (Å²) in [5.41, 5.74) is 3.77. The van der Waals surface area contributed by atoms with E-state index in [1.165, 1.54) is 122 Å². The topological polar surface area (TPSA) is 312 Å². The van der Waals surface area contributed by atoms with E-state index in [9.17, 15) is 45.9 Å². The van der Waals surface area contributed by atoms with Crippen LogP contribution in [0.15, 0.2) is 262 Å². The van der Waals surface area contributed by atoms with Crippen molar-refractivity contribution in [2.45, 2.75) is 58.8 Å². The minimum atomic E-state index is -3.04. The number of pyridine rings is 4. The summed E-state index contributed by atoms with van der Waals surface area (Å²) >= 11 is 21.2. The van der Waals surface area contributed by atoms with Crippen LogP contribution in [0.5, 0.6) is 57.5 Å². The summed E-state index contributed by atoms with van der Waals surface area (Å²) in [5, 5.41) is 6.65. The van der Waals surface area contributed by atoms with Gasteiger partial charge in [-0.15, -0.1) is 22.7 Å². The molecule has 10 aromatic heterocycles. The molecule has 0 spiro atoms. The van der Waals surface area contributed by atoms with Gasteiger partial charge in [-0.2, -0.15) is 0 Å². The van der Waals surface area contributed by atoms with Crippen LogP contribution in [0.4, 0.5) is 22.0 Å². The van der Waals surface area contributed by atoms with Crippen LogP contribution in [-0.4, -0.2) is 98.7 Å². The SMILES string of the molecule is CC(F)(F)c1ccnc(CC(=O)c2cc(F)cc(Oc3cncnc3)c2)c1.Cc1cncc(CC(=O)c2cc(Cl)cc(Oc3cncnc3)c2)n1.Cc1csc(CC(=O)c2cc(Cl)cc(Oc3cccnc3)c2)n1.O=C(Cc1ncccc1F)c1cc(F)cc(Oc2cncnc2)c1.O=C(Cc1nccs1)c1cc(Cl)cc(Oc2cccnc2)c1. The van der Waals surface area contributed by atoms with E-state index in [1.54, 1.807) is 122 Å². The minimum Gasteiger partial charge on any atom is -0.456 e. The van der Waals surface area contributed by atoms with Gasteiger partial charge in [0, 0.05) is 133 Å². The third-order valence-corrected chi connectivity index (χ3v) is 18.2. The number of benzene rings is 5. The number of ketones is 5. The number of halogens is 8. The second-order valence-corrected chi connectivity index (χ2v) is 28.5. The van der Waals surface area contributed by atoms with Gasteiger partial charge in [-0.3, -0.25) is 53.9 Å². The van der Waals surface area contributed by atoms with E-state index < -0.39 is 34.9 Å². The first kappa shape index (κ1) is 87.0. The number of hydrogen-bond donors (Lipinski definition) is 0. The molecular weight excluding hydrogens is 1650 g/mol. The lowest BCUT2D eigenvalue weighted by molar-refractivity contribution is 0.0172. The first-order valence-electron chi connectivity index (χ1n) is 35.5. The number of alkyl halides is 2. The summed E-state index contributed by atoms with van der Waals surface area (Å²) in [5.74, 6) is -2.23. The van der Waals surface area contributed by atoms with Crippen LogP contribution in [0, 0.1) is 31.3 Å². The first-order chi connectivity index (χ1) is 57.8. The van der Waals surface area contributed by atoms with Crippen molar-refractivity contribution in [1.29, 1.82) is 0 Å². The van der Waals surface area contributed by atoms with E-state index in [4.69, 9.17) is 58.5 Å². The average molecular weight is 1720 g/mol. The molecule has 0 amide bonds. The van der Waals surface area contributed by atoms with Crippen molar-refractivity contribution in [3.05, 3.63) is 367 Å². The Morgan fingerprint density at radius 3 is 1.22 bits per heavy atom. The number of nitrogens with zero attached hydrogens (tertiary/aromatic N) is 14. The van der Waals surface area contributed by atoms with Crippen molar-refractivity contribution < 1.29 is 69.6 Å². The quantitative estimate of drug-likeness (QED) is 0.0359. The Morgan fingerprint density at radius 1 is 0.367 bits per heavy atom. The molecule has 120 heavy (non-hydrogen) atoms. The van der Waals surface area contributed by atoms with Crippen LogP contribution in [0.25, 0.3) is 0 Å². The lowest BCUT2D eigenvalue weighted by atomic mass is 10.0. The molecule has 0 N–H and O–H groups in total. The van der Waals surface area contributed by atoms with Crippen LogP contribution < -0.4 is 23.7 Å². The Labute approximate surface area is 704 Å². The summed E-state index contributed by atoms with van der Waals surface area (Å²) in [4.78, 5) is 117. The number of ether oxygens (including phenoxy) is 5. The second-order valence-electron chi connectivity index (χ2n) is 25.3. The Morgan fingerprint density at radius 2 is 0.792 bits per heavy atom. The number of Topliss-reactive ketones (excluding diaryl/α,β-unsaturated/α-hetero) is 5. The van der Waals surface area contributed by atoms with Gasteiger partial charge in [0.2, 0.25) is 0 Å². The molecule has 0 aliphatic rings. The van der Waals surface area contributed by atoms with Gasteiger partial charge in [-0.05, 0) is 141 Å². The second kappa shape index (κ2) is 42.9. The van der Waals surface area contributed by atoms with Crippen molar-refractivity contribution in [2.75, 3.05) is 0 Å². The van der Waals surface area contributed by atoms with Crippen LogP contribution in [0.3, 0.4) is 0 Å². The maximum absolute atomic E-state index is 13.9. The number of hydrogen-bond acceptors (Lipinski definition) is 26. The molecule has 24 nitrogen and oxygen atoms in total. The van der Waals surface area contributed by atoms with Crippen molar-refractivity contribution in [1.82, 2.24) is 69.8 Å². The molecule has 604 valence electrons. The smallest absolute Gasteiger partial charge is 0.270 e. The summed E-state index contributed by atoms with van der Waals surface area (Å²) in [6.07, 6.45) is 26.8. The van der Waals surface area contributed by atoms with E-state index >= 15 is 0 Å². The van der Waals surface area contributed by atoms with Crippen LogP contribution >= 0.6 is 57.5 Å². The van der Waals surface area contributed by atoms with E-state index in [2.05, 4.69) is 69.8 Å². The van der Waals surface area contributed by atoms with E-state index in [-0.39, 0.29) is 94.8 Å². The number of aryl methyl sites for hydroxylation is 2. The highest BCUT2D eigenvalue weighted by Gasteiger charge is 2.26. The summed E-state index contributed by atoms with van der Waals surface area (Å²) in [6.45, 7) is 4.50. The highest BCUT2D eigenvalue weighted by molar-refractivity contribution is 7.10. The van der Waals surface area contributed by atoms with Crippen LogP contribution in [-0.2, 0) is 38.0 Å². The third-order valence-electron chi connectivity index (χ3n) is 15.8. The van der Waals surface area contributed by atoms with Gasteiger partial charge in [0.1, 0.15) is 86.7 Å². The molecule has 0 atom stereocenters. The van der Waals surface area contributed by atoms with Gasteiger partial charge in [-0.1, -0.05) is 34.8 Å². The fraction of sp³-hybridized carbons (Fsp3) is 0.105. The predicted molar refractivity (Wildman–Crippen MR) is 436 cm³/mol. The number of thiazole rings is 2. The molecule has 0 saturated heterocycles.